The fourth-order valence-corrected chi connectivity index (χ4v) is 4.27. The minimum absolute atomic E-state index is 0.195. The molecule has 166 valence electrons. The van der Waals surface area contributed by atoms with Crippen LogP contribution in [-0.2, 0) is 17.7 Å². The van der Waals surface area contributed by atoms with Gasteiger partial charge in [0.2, 0.25) is 5.95 Å². The molecule has 3 heterocycles. The second-order valence-corrected chi connectivity index (χ2v) is 8.06. The van der Waals surface area contributed by atoms with E-state index in [4.69, 9.17) is 14.7 Å². The minimum atomic E-state index is -0.389. The summed E-state index contributed by atoms with van der Waals surface area (Å²) >= 11 is 0. The molecule has 1 aliphatic heterocycles. The Kier molecular flexibility index (Phi) is 5.38. The average molecular weight is 441 g/mol. The number of benzene rings is 2. The minimum Gasteiger partial charge on any atom is -0.462 e. The first-order valence-corrected chi connectivity index (χ1v) is 11.0. The molecule has 0 unspecified atom stereocenters. The highest BCUT2D eigenvalue weighted by Crippen LogP contribution is 2.25. The number of hydrogen-bond acceptors (Lipinski definition) is 6. The van der Waals surface area contributed by atoms with Crippen molar-refractivity contribution in [2.75, 3.05) is 18.1 Å². The fraction of sp³-hybridized carbons (Fsp3) is 0.231. The molecule has 0 atom stereocenters. The second-order valence-electron chi connectivity index (χ2n) is 8.06. The summed E-state index contributed by atoms with van der Waals surface area (Å²) in [6.07, 6.45) is 0.924. The van der Waals surface area contributed by atoms with Gasteiger partial charge in [-0.05, 0) is 61.7 Å². The van der Waals surface area contributed by atoms with E-state index in [1.54, 1.807) is 41.8 Å². The number of anilines is 1. The SMILES string of the molecule is CCOC(=O)c1ccc(-n2c(=O)ccc3c(C)nc(N4CCc5ccccc5C4)nc32)cc1. The molecule has 4 aromatic rings. The zero-order chi connectivity index (χ0) is 22.9. The number of nitrogens with zero attached hydrogens (tertiary/aromatic N) is 4. The van der Waals surface area contributed by atoms with E-state index >= 15 is 0 Å². The van der Waals surface area contributed by atoms with E-state index in [-0.39, 0.29) is 11.5 Å². The Hall–Kier alpha value is -4.00. The Balaban J connectivity index is 1.59. The van der Waals surface area contributed by atoms with Gasteiger partial charge in [-0.15, -0.1) is 0 Å². The molecule has 2 aromatic carbocycles. The molecule has 0 fully saturated rings. The Morgan fingerprint density at radius 2 is 1.76 bits per heavy atom. The number of pyridine rings is 1. The normalized spacial score (nSPS) is 13.1. The number of aromatic nitrogens is 3. The zero-order valence-corrected chi connectivity index (χ0v) is 18.6. The van der Waals surface area contributed by atoms with Gasteiger partial charge in [0.1, 0.15) is 0 Å². The van der Waals surface area contributed by atoms with Crippen molar-refractivity contribution in [2.24, 2.45) is 0 Å². The van der Waals surface area contributed by atoms with Gasteiger partial charge in [-0.1, -0.05) is 24.3 Å². The molecule has 0 spiro atoms. The van der Waals surface area contributed by atoms with Gasteiger partial charge < -0.3 is 9.64 Å². The first kappa shape index (κ1) is 20.9. The van der Waals surface area contributed by atoms with Gasteiger partial charge in [0.05, 0.1) is 23.6 Å². The molecule has 33 heavy (non-hydrogen) atoms. The lowest BCUT2D eigenvalue weighted by Crippen LogP contribution is -2.32. The topological polar surface area (TPSA) is 77.3 Å². The van der Waals surface area contributed by atoms with Crippen molar-refractivity contribution in [3.05, 3.63) is 93.4 Å². The fourth-order valence-electron chi connectivity index (χ4n) is 4.27. The van der Waals surface area contributed by atoms with Crippen LogP contribution in [0.4, 0.5) is 5.95 Å². The van der Waals surface area contributed by atoms with Crippen molar-refractivity contribution in [3.63, 3.8) is 0 Å². The number of aryl methyl sites for hydroxylation is 1. The highest BCUT2D eigenvalue weighted by molar-refractivity contribution is 5.89. The average Bonchev–Trinajstić information content (AvgIpc) is 2.84. The Labute approximate surface area is 191 Å². The van der Waals surface area contributed by atoms with Crippen LogP contribution in [0.3, 0.4) is 0 Å². The van der Waals surface area contributed by atoms with Crippen LogP contribution in [0.2, 0.25) is 0 Å². The zero-order valence-electron chi connectivity index (χ0n) is 18.6. The maximum absolute atomic E-state index is 12.9. The molecule has 2 aromatic heterocycles. The van der Waals surface area contributed by atoms with Gasteiger partial charge in [0.15, 0.2) is 5.65 Å². The van der Waals surface area contributed by atoms with Crippen molar-refractivity contribution >= 4 is 23.0 Å². The summed E-state index contributed by atoms with van der Waals surface area (Å²) < 4.78 is 6.63. The van der Waals surface area contributed by atoms with Crippen molar-refractivity contribution in [1.29, 1.82) is 0 Å². The van der Waals surface area contributed by atoms with Crippen molar-refractivity contribution in [1.82, 2.24) is 14.5 Å². The smallest absolute Gasteiger partial charge is 0.338 e. The summed E-state index contributed by atoms with van der Waals surface area (Å²) in [6, 6.07) is 18.5. The highest BCUT2D eigenvalue weighted by Gasteiger charge is 2.20. The Bertz CT molecular complexity index is 1410. The number of carbonyl (C=O) groups is 1. The molecule has 0 aliphatic carbocycles. The van der Waals surface area contributed by atoms with E-state index in [2.05, 4.69) is 23.1 Å². The van der Waals surface area contributed by atoms with Gasteiger partial charge in [-0.25, -0.2) is 9.78 Å². The van der Waals surface area contributed by atoms with Gasteiger partial charge >= 0.3 is 5.97 Å². The summed E-state index contributed by atoms with van der Waals surface area (Å²) in [5.74, 6) is 0.220. The molecule has 7 nitrogen and oxygen atoms in total. The monoisotopic (exact) mass is 440 g/mol. The van der Waals surface area contributed by atoms with Crippen molar-refractivity contribution < 1.29 is 9.53 Å². The number of carbonyl (C=O) groups excluding carboxylic acids is 1. The third-order valence-corrected chi connectivity index (χ3v) is 5.98. The lowest BCUT2D eigenvalue weighted by molar-refractivity contribution is 0.0526. The van der Waals surface area contributed by atoms with Crippen LogP contribution in [0.15, 0.2) is 65.5 Å². The summed E-state index contributed by atoms with van der Waals surface area (Å²) in [4.78, 5) is 36.7. The molecule has 0 bridgehead atoms. The molecule has 5 rings (SSSR count). The van der Waals surface area contributed by atoms with E-state index < -0.39 is 0 Å². The molecule has 0 N–H and O–H groups in total. The van der Waals surface area contributed by atoms with Crippen LogP contribution in [0, 0.1) is 6.92 Å². The molecular formula is C26H24N4O3. The predicted molar refractivity (Wildman–Crippen MR) is 127 cm³/mol. The quantitative estimate of drug-likeness (QED) is 0.449. The summed E-state index contributed by atoms with van der Waals surface area (Å²) in [5.41, 5.74) is 4.85. The number of esters is 1. The van der Waals surface area contributed by atoms with Crippen LogP contribution in [-0.4, -0.2) is 33.7 Å². The van der Waals surface area contributed by atoms with Crippen LogP contribution >= 0.6 is 0 Å². The molecule has 0 amide bonds. The predicted octanol–water partition coefficient (Wildman–Crippen LogP) is 3.83. The van der Waals surface area contributed by atoms with Gasteiger partial charge in [-0.2, -0.15) is 4.98 Å². The van der Waals surface area contributed by atoms with E-state index in [9.17, 15) is 9.59 Å². The molecular weight excluding hydrogens is 416 g/mol. The van der Waals surface area contributed by atoms with Crippen LogP contribution < -0.4 is 10.5 Å². The van der Waals surface area contributed by atoms with Crippen LogP contribution in [0.25, 0.3) is 16.7 Å². The second kappa shape index (κ2) is 8.50. The van der Waals surface area contributed by atoms with Crippen molar-refractivity contribution in [3.8, 4) is 5.69 Å². The third kappa shape index (κ3) is 3.86. The maximum Gasteiger partial charge on any atom is 0.338 e. The number of fused-ring (bicyclic) bond motifs is 2. The van der Waals surface area contributed by atoms with Crippen LogP contribution in [0.1, 0.15) is 34.1 Å². The lowest BCUT2D eigenvalue weighted by atomic mass is 10.0. The molecule has 7 heteroatoms. The Morgan fingerprint density at radius 3 is 2.52 bits per heavy atom. The molecule has 1 aliphatic rings. The number of hydrogen-bond donors (Lipinski definition) is 0. The number of rotatable bonds is 4. The summed E-state index contributed by atoms with van der Waals surface area (Å²) in [6.45, 7) is 5.55. The third-order valence-electron chi connectivity index (χ3n) is 5.98. The van der Waals surface area contributed by atoms with E-state index in [0.717, 1.165) is 30.6 Å². The molecule has 0 radical (unpaired) electrons. The highest BCUT2D eigenvalue weighted by atomic mass is 16.5. The van der Waals surface area contributed by atoms with Gasteiger partial charge in [0.25, 0.3) is 5.56 Å². The van der Waals surface area contributed by atoms with Crippen molar-refractivity contribution in [2.45, 2.75) is 26.8 Å². The lowest BCUT2D eigenvalue weighted by Gasteiger charge is -2.29. The first-order chi connectivity index (χ1) is 16.0. The molecule has 0 saturated carbocycles. The maximum atomic E-state index is 12.9. The van der Waals surface area contributed by atoms with Crippen LogP contribution in [0.5, 0.6) is 0 Å². The molecule has 0 saturated heterocycles. The van der Waals surface area contributed by atoms with Gasteiger partial charge in [-0.3, -0.25) is 9.36 Å². The Morgan fingerprint density at radius 1 is 1.00 bits per heavy atom. The summed E-state index contributed by atoms with van der Waals surface area (Å²) in [5, 5.41) is 0.810. The van der Waals surface area contributed by atoms with E-state index in [1.165, 1.54) is 17.2 Å². The van der Waals surface area contributed by atoms with E-state index in [1.807, 2.05) is 13.0 Å². The van der Waals surface area contributed by atoms with E-state index in [0.29, 0.717) is 29.5 Å². The number of ether oxygens (including phenoxy) is 1. The first-order valence-electron chi connectivity index (χ1n) is 11.0. The largest absolute Gasteiger partial charge is 0.462 e. The summed E-state index contributed by atoms with van der Waals surface area (Å²) in [7, 11) is 0. The standard InChI is InChI=1S/C26H24N4O3/c1-3-33-25(32)19-8-10-21(11-9-19)30-23(31)13-12-22-17(2)27-26(28-24(22)30)29-15-14-18-6-4-5-7-20(18)16-29/h4-13H,3,14-16H2,1-2H3. The van der Waals surface area contributed by atoms with Gasteiger partial charge in [0, 0.05) is 24.5 Å².